The number of carbonyl (C=O) groups excluding carboxylic acids is 1. The molecule has 3 heterocycles. The Kier molecular flexibility index (Phi) is 2.89. The van der Waals surface area contributed by atoms with Crippen molar-refractivity contribution in [1.82, 2.24) is 0 Å². The number of rotatable bonds is 2. The molecule has 1 aromatic rings. The van der Waals surface area contributed by atoms with Crippen molar-refractivity contribution in [3.05, 3.63) is 41.5 Å². The van der Waals surface area contributed by atoms with Gasteiger partial charge < -0.3 is 9.47 Å². The highest BCUT2D eigenvalue weighted by Crippen LogP contribution is 2.47. The Bertz CT molecular complexity index is 777. The molecule has 2 bridgehead atoms. The van der Waals surface area contributed by atoms with Crippen LogP contribution in [0.2, 0.25) is 0 Å². The lowest BCUT2D eigenvalue weighted by Gasteiger charge is -2.38. The summed E-state index contributed by atoms with van der Waals surface area (Å²) in [5, 5.41) is -0.914. The van der Waals surface area contributed by atoms with E-state index < -0.39 is 26.8 Å². The number of Topliss-reactive ketones (excluding diaryl/α,β-unsaturated/α-hetero) is 1. The molecular formula is C16H16O5S. The zero-order chi connectivity index (χ0) is 15.5. The van der Waals surface area contributed by atoms with E-state index in [1.54, 1.807) is 30.3 Å². The van der Waals surface area contributed by atoms with E-state index >= 15 is 0 Å². The number of fused-ring (bicyclic) bond motifs is 1. The number of sulfone groups is 1. The minimum Gasteiger partial charge on any atom is -0.374 e. The monoisotopic (exact) mass is 320 g/mol. The summed E-state index contributed by atoms with van der Waals surface area (Å²) in [7, 11) is -3.68. The van der Waals surface area contributed by atoms with Crippen LogP contribution in [0.1, 0.15) is 12.0 Å². The largest absolute Gasteiger partial charge is 0.374 e. The van der Waals surface area contributed by atoms with Crippen molar-refractivity contribution in [3.63, 3.8) is 0 Å². The zero-order valence-corrected chi connectivity index (χ0v) is 12.9. The fourth-order valence-electron chi connectivity index (χ4n) is 3.52. The van der Waals surface area contributed by atoms with Crippen molar-refractivity contribution in [2.75, 3.05) is 13.2 Å². The smallest absolute Gasteiger partial charge is 0.184 e. The lowest BCUT2D eigenvalue weighted by Crippen LogP contribution is -2.55. The molecule has 0 amide bonds. The SMILES string of the molecule is Cc1ccc(S(=O)(=O)[C@H]2CC(=O)[C@@H]3C=C4COC[C@@]42O3)cc1. The van der Waals surface area contributed by atoms with E-state index in [1.807, 2.05) is 6.92 Å². The normalized spacial score (nSPS) is 33.7. The summed E-state index contributed by atoms with van der Waals surface area (Å²) >= 11 is 0. The summed E-state index contributed by atoms with van der Waals surface area (Å²) in [4.78, 5) is 12.4. The number of aryl methyl sites for hydroxylation is 1. The topological polar surface area (TPSA) is 69.7 Å². The van der Waals surface area contributed by atoms with Crippen LogP contribution in [0, 0.1) is 6.92 Å². The second-order valence-electron chi connectivity index (χ2n) is 6.13. The Morgan fingerprint density at radius 1 is 1.23 bits per heavy atom. The van der Waals surface area contributed by atoms with E-state index in [0.717, 1.165) is 11.1 Å². The average molecular weight is 320 g/mol. The summed E-state index contributed by atoms with van der Waals surface area (Å²) < 4.78 is 37.4. The Labute approximate surface area is 128 Å². The molecule has 1 spiro atoms. The van der Waals surface area contributed by atoms with Crippen LogP contribution in [-0.4, -0.2) is 44.4 Å². The third-order valence-electron chi connectivity index (χ3n) is 4.76. The molecule has 4 rings (SSSR count). The predicted octanol–water partition coefficient (Wildman–Crippen LogP) is 1.20. The number of ether oxygens (including phenoxy) is 2. The van der Waals surface area contributed by atoms with Crippen LogP contribution in [0.5, 0.6) is 0 Å². The Hall–Kier alpha value is -1.50. The fourth-order valence-corrected chi connectivity index (χ4v) is 5.52. The fraction of sp³-hybridized carbons (Fsp3) is 0.438. The number of hydrogen-bond donors (Lipinski definition) is 0. The van der Waals surface area contributed by atoms with Gasteiger partial charge in [0.25, 0.3) is 0 Å². The minimum absolute atomic E-state index is 0.0236. The van der Waals surface area contributed by atoms with E-state index in [-0.39, 0.29) is 23.7 Å². The standard InChI is InChI=1S/C16H16O5S/c1-10-2-4-12(5-3-10)22(18,19)15-7-13(17)14-6-11-8-20-9-16(11,15)21-14/h2-6,14-15H,7-9H2,1H3/t14-,15-,16+/m0/s1. The van der Waals surface area contributed by atoms with Crippen LogP contribution in [-0.2, 0) is 24.1 Å². The van der Waals surface area contributed by atoms with Crippen molar-refractivity contribution >= 4 is 15.6 Å². The molecule has 22 heavy (non-hydrogen) atoms. The summed E-state index contributed by atoms with van der Waals surface area (Å²) in [6.07, 6.45) is 1.10. The van der Waals surface area contributed by atoms with E-state index in [1.165, 1.54) is 0 Å². The second-order valence-corrected chi connectivity index (χ2v) is 8.26. The molecule has 5 nitrogen and oxygen atoms in total. The first kappa shape index (κ1) is 14.1. The van der Waals surface area contributed by atoms with Gasteiger partial charge in [-0.1, -0.05) is 17.7 Å². The lowest BCUT2D eigenvalue weighted by atomic mass is 9.91. The second kappa shape index (κ2) is 4.50. The highest BCUT2D eigenvalue weighted by Gasteiger charge is 2.61. The predicted molar refractivity (Wildman–Crippen MR) is 78.3 cm³/mol. The third kappa shape index (κ3) is 1.77. The summed E-state index contributed by atoms with van der Waals surface area (Å²) in [6.45, 7) is 2.43. The molecular weight excluding hydrogens is 304 g/mol. The Morgan fingerprint density at radius 3 is 2.68 bits per heavy atom. The molecule has 3 aliphatic rings. The van der Waals surface area contributed by atoms with Gasteiger partial charge in [-0.25, -0.2) is 8.42 Å². The zero-order valence-electron chi connectivity index (χ0n) is 12.1. The first-order chi connectivity index (χ1) is 10.4. The van der Waals surface area contributed by atoms with Crippen molar-refractivity contribution in [2.45, 2.75) is 35.2 Å². The lowest BCUT2D eigenvalue weighted by molar-refractivity contribution is -0.143. The summed E-state index contributed by atoms with van der Waals surface area (Å²) in [5.41, 5.74) is 0.797. The van der Waals surface area contributed by atoms with Crippen LogP contribution in [0.25, 0.3) is 0 Å². The maximum Gasteiger partial charge on any atom is 0.184 e. The van der Waals surface area contributed by atoms with E-state index in [4.69, 9.17) is 9.47 Å². The minimum atomic E-state index is -3.68. The van der Waals surface area contributed by atoms with Gasteiger partial charge in [-0.3, -0.25) is 4.79 Å². The maximum absolute atomic E-state index is 13.1. The quantitative estimate of drug-likeness (QED) is 0.766. The van der Waals surface area contributed by atoms with Crippen molar-refractivity contribution in [2.24, 2.45) is 0 Å². The molecule has 0 unspecified atom stereocenters. The molecule has 0 saturated carbocycles. The van der Waals surface area contributed by atoms with Crippen molar-refractivity contribution < 1.29 is 22.7 Å². The number of benzene rings is 1. The van der Waals surface area contributed by atoms with Gasteiger partial charge in [0.05, 0.1) is 18.1 Å². The van der Waals surface area contributed by atoms with E-state index in [0.29, 0.717) is 6.61 Å². The summed E-state index contributed by atoms with van der Waals surface area (Å²) in [5.74, 6) is -0.173. The van der Waals surface area contributed by atoms with E-state index in [9.17, 15) is 13.2 Å². The molecule has 3 aliphatic heterocycles. The highest BCUT2D eigenvalue weighted by molar-refractivity contribution is 7.92. The third-order valence-corrected chi connectivity index (χ3v) is 6.98. The molecule has 3 atom stereocenters. The van der Waals surface area contributed by atoms with Gasteiger partial charge in [0.1, 0.15) is 17.0 Å². The van der Waals surface area contributed by atoms with Gasteiger partial charge >= 0.3 is 0 Å². The number of carbonyl (C=O) groups is 1. The molecule has 0 aliphatic carbocycles. The van der Waals surface area contributed by atoms with E-state index in [2.05, 4.69) is 0 Å². The van der Waals surface area contributed by atoms with Gasteiger partial charge in [0, 0.05) is 6.42 Å². The highest BCUT2D eigenvalue weighted by atomic mass is 32.2. The van der Waals surface area contributed by atoms with Crippen LogP contribution < -0.4 is 0 Å². The Balaban J connectivity index is 1.82. The van der Waals surface area contributed by atoms with Crippen LogP contribution in [0.15, 0.2) is 40.8 Å². The van der Waals surface area contributed by atoms with Crippen molar-refractivity contribution in [1.29, 1.82) is 0 Å². The molecule has 0 N–H and O–H groups in total. The molecule has 116 valence electrons. The Morgan fingerprint density at radius 2 is 1.95 bits per heavy atom. The molecule has 2 fully saturated rings. The van der Waals surface area contributed by atoms with Gasteiger partial charge in [-0.05, 0) is 30.7 Å². The van der Waals surface area contributed by atoms with Crippen LogP contribution in [0.3, 0.4) is 0 Å². The van der Waals surface area contributed by atoms with Gasteiger partial charge in [0.15, 0.2) is 15.6 Å². The maximum atomic E-state index is 13.1. The number of hydrogen-bond acceptors (Lipinski definition) is 5. The molecule has 2 saturated heterocycles. The summed E-state index contributed by atoms with van der Waals surface area (Å²) in [6, 6.07) is 6.70. The van der Waals surface area contributed by atoms with Crippen molar-refractivity contribution in [3.8, 4) is 0 Å². The van der Waals surface area contributed by atoms with Gasteiger partial charge in [0.2, 0.25) is 0 Å². The van der Waals surface area contributed by atoms with Crippen LogP contribution in [0.4, 0.5) is 0 Å². The number of ketones is 1. The first-order valence-electron chi connectivity index (χ1n) is 7.23. The first-order valence-corrected chi connectivity index (χ1v) is 8.78. The average Bonchev–Trinajstić information content (AvgIpc) is 2.98. The van der Waals surface area contributed by atoms with Crippen LogP contribution >= 0.6 is 0 Å². The molecule has 6 heteroatoms. The molecule has 0 radical (unpaired) electrons. The van der Waals surface area contributed by atoms with Gasteiger partial charge in [-0.2, -0.15) is 0 Å². The molecule has 1 aromatic carbocycles. The van der Waals surface area contributed by atoms with Gasteiger partial charge in [-0.15, -0.1) is 0 Å². The molecule has 0 aromatic heterocycles.